The number of hydrogen-bond acceptors (Lipinski definition) is 4. The van der Waals surface area contributed by atoms with Gasteiger partial charge >= 0.3 is 0 Å². The van der Waals surface area contributed by atoms with Crippen LogP contribution in [0.4, 0.5) is 11.5 Å². The smallest absolute Gasteiger partial charge is 0.267 e. The second-order valence-electron chi connectivity index (χ2n) is 4.15. The minimum atomic E-state index is -3.70. The zero-order valence-corrected chi connectivity index (χ0v) is 11.6. The summed E-state index contributed by atoms with van der Waals surface area (Å²) in [6.07, 6.45) is 1.46. The van der Waals surface area contributed by atoms with Gasteiger partial charge in [0, 0.05) is 13.2 Å². The standard InChI is InChI=1S/C13H15N3O2S/c1-10-6-3-4-7-11(10)16(2)19(17,18)12-8-5-9-15-13(12)14/h3-9H,1-2H3,(H2,14,15). The quantitative estimate of drug-likeness (QED) is 0.928. The Labute approximate surface area is 112 Å². The third-order valence-electron chi connectivity index (χ3n) is 2.89. The number of nitrogens with zero attached hydrogens (tertiary/aromatic N) is 2. The predicted octanol–water partition coefficient (Wildman–Crippen LogP) is 1.80. The number of para-hydroxylation sites is 1. The zero-order chi connectivity index (χ0) is 14.0. The normalized spacial score (nSPS) is 11.3. The summed E-state index contributed by atoms with van der Waals surface area (Å²) in [5, 5.41) is 0. The second kappa shape index (κ2) is 4.89. The van der Waals surface area contributed by atoms with Crippen molar-refractivity contribution in [3.8, 4) is 0 Å². The number of pyridine rings is 1. The summed E-state index contributed by atoms with van der Waals surface area (Å²) < 4.78 is 26.2. The van der Waals surface area contributed by atoms with Crippen LogP contribution in [-0.2, 0) is 10.0 Å². The molecule has 0 saturated heterocycles. The van der Waals surface area contributed by atoms with E-state index in [2.05, 4.69) is 4.98 Å². The summed E-state index contributed by atoms with van der Waals surface area (Å²) in [7, 11) is -2.20. The van der Waals surface area contributed by atoms with Crippen molar-refractivity contribution < 1.29 is 8.42 Å². The SMILES string of the molecule is Cc1ccccc1N(C)S(=O)(=O)c1cccnc1N. The Kier molecular flexibility index (Phi) is 3.44. The van der Waals surface area contributed by atoms with Crippen LogP contribution < -0.4 is 10.0 Å². The van der Waals surface area contributed by atoms with Gasteiger partial charge in [-0.1, -0.05) is 18.2 Å². The maximum absolute atomic E-state index is 12.5. The molecule has 0 unspecified atom stereocenters. The number of aryl methyl sites for hydroxylation is 1. The van der Waals surface area contributed by atoms with Gasteiger partial charge < -0.3 is 5.73 Å². The summed E-state index contributed by atoms with van der Waals surface area (Å²) >= 11 is 0. The lowest BCUT2D eigenvalue weighted by molar-refractivity contribution is 0.594. The number of benzene rings is 1. The molecule has 5 nitrogen and oxygen atoms in total. The first kappa shape index (κ1) is 13.4. The number of nitrogen functional groups attached to an aromatic ring is 1. The summed E-state index contributed by atoms with van der Waals surface area (Å²) in [5.41, 5.74) is 7.13. The molecule has 0 radical (unpaired) electrons. The first-order chi connectivity index (χ1) is 8.94. The van der Waals surface area contributed by atoms with Crippen molar-refractivity contribution in [3.05, 3.63) is 48.2 Å². The van der Waals surface area contributed by atoms with Crippen molar-refractivity contribution in [2.75, 3.05) is 17.1 Å². The Hall–Kier alpha value is -2.08. The summed E-state index contributed by atoms with van der Waals surface area (Å²) in [5.74, 6) is 0.00272. The third-order valence-corrected chi connectivity index (χ3v) is 4.71. The maximum Gasteiger partial charge on any atom is 0.267 e. The van der Waals surface area contributed by atoms with E-state index < -0.39 is 10.0 Å². The first-order valence-electron chi connectivity index (χ1n) is 5.69. The highest BCUT2D eigenvalue weighted by molar-refractivity contribution is 7.93. The molecule has 2 N–H and O–H groups in total. The molecule has 0 saturated carbocycles. The number of nitrogens with two attached hydrogens (primary N) is 1. The molecule has 0 bridgehead atoms. The Bertz CT molecular complexity index is 699. The lowest BCUT2D eigenvalue weighted by Crippen LogP contribution is -2.28. The number of aromatic nitrogens is 1. The monoisotopic (exact) mass is 277 g/mol. The largest absolute Gasteiger partial charge is 0.383 e. The molecule has 0 aliphatic rings. The lowest BCUT2D eigenvalue weighted by atomic mass is 10.2. The van der Waals surface area contributed by atoms with E-state index in [0.29, 0.717) is 5.69 Å². The molecule has 1 aromatic heterocycles. The Morgan fingerprint density at radius 1 is 1.16 bits per heavy atom. The van der Waals surface area contributed by atoms with E-state index >= 15 is 0 Å². The van der Waals surface area contributed by atoms with Crippen LogP contribution in [0.25, 0.3) is 0 Å². The van der Waals surface area contributed by atoms with Crippen molar-refractivity contribution in [1.82, 2.24) is 4.98 Å². The van der Waals surface area contributed by atoms with Crippen molar-refractivity contribution >= 4 is 21.5 Å². The van der Waals surface area contributed by atoms with Gasteiger partial charge in [-0.25, -0.2) is 13.4 Å². The first-order valence-corrected chi connectivity index (χ1v) is 7.13. The summed E-state index contributed by atoms with van der Waals surface area (Å²) in [4.78, 5) is 3.83. The molecule has 0 atom stereocenters. The average Bonchev–Trinajstić information content (AvgIpc) is 2.39. The van der Waals surface area contributed by atoms with E-state index in [1.807, 2.05) is 19.1 Å². The molecular formula is C13H15N3O2S. The topological polar surface area (TPSA) is 76.3 Å². The minimum absolute atomic E-state index is 0.00272. The van der Waals surface area contributed by atoms with E-state index in [1.165, 1.54) is 23.6 Å². The second-order valence-corrected chi connectivity index (χ2v) is 6.08. The number of sulfonamides is 1. The molecular weight excluding hydrogens is 262 g/mol. The minimum Gasteiger partial charge on any atom is -0.383 e. The lowest BCUT2D eigenvalue weighted by Gasteiger charge is -2.21. The van der Waals surface area contributed by atoms with Crippen LogP contribution in [0.3, 0.4) is 0 Å². The van der Waals surface area contributed by atoms with Gasteiger partial charge in [0.05, 0.1) is 5.69 Å². The van der Waals surface area contributed by atoms with Gasteiger partial charge in [0.1, 0.15) is 10.7 Å². The van der Waals surface area contributed by atoms with Gasteiger partial charge in [0.25, 0.3) is 10.0 Å². The van der Waals surface area contributed by atoms with Crippen molar-refractivity contribution in [2.45, 2.75) is 11.8 Å². The van der Waals surface area contributed by atoms with Gasteiger partial charge in [0.2, 0.25) is 0 Å². The average molecular weight is 277 g/mol. The van der Waals surface area contributed by atoms with E-state index in [9.17, 15) is 8.42 Å². The molecule has 1 heterocycles. The predicted molar refractivity (Wildman–Crippen MR) is 75.4 cm³/mol. The molecule has 0 fully saturated rings. The van der Waals surface area contributed by atoms with Gasteiger partial charge in [-0.15, -0.1) is 0 Å². The molecule has 100 valence electrons. The summed E-state index contributed by atoms with van der Waals surface area (Å²) in [6.45, 7) is 1.86. The number of hydrogen-bond donors (Lipinski definition) is 1. The van der Waals surface area contributed by atoms with Crippen LogP contribution in [0.2, 0.25) is 0 Å². The summed E-state index contributed by atoms with van der Waals surface area (Å²) in [6, 6.07) is 10.3. The van der Waals surface area contributed by atoms with E-state index in [1.54, 1.807) is 18.2 Å². The van der Waals surface area contributed by atoms with E-state index in [4.69, 9.17) is 5.73 Å². The Balaban J connectivity index is 2.52. The zero-order valence-electron chi connectivity index (χ0n) is 10.7. The van der Waals surface area contributed by atoms with Gasteiger partial charge in [-0.05, 0) is 30.7 Å². The molecule has 0 amide bonds. The molecule has 19 heavy (non-hydrogen) atoms. The maximum atomic E-state index is 12.5. The molecule has 2 aromatic rings. The Morgan fingerprint density at radius 3 is 2.47 bits per heavy atom. The fraction of sp³-hybridized carbons (Fsp3) is 0.154. The van der Waals surface area contributed by atoms with Gasteiger partial charge in [-0.2, -0.15) is 0 Å². The van der Waals surface area contributed by atoms with E-state index in [-0.39, 0.29) is 10.7 Å². The number of anilines is 2. The molecule has 2 rings (SSSR count). The van der Waals surface area contributed by atoms with Gasteiger partial charge in [0.15, 0.2) is 0 Å². The third kappa shape index (κ3) is 2.39. The Morgan fingerprint density at radius 2 is 1.84 bits per heavy atom. The fourth-order valence-electron chi connectivity index (χ4n) is 1.81. The van der Waals surface area contributed by atoms with Crippen molar-refractivity contribution in [1.29, 1.82) is 0 Å². The van der Waals surface area contributed by atoms with Crippen molar-refractivity contribution in [3.63, 3.8) is 0 Å². The highest BCUT2D eigenvalue weighted by Gasteiger charge is 2.24. The molecule has 0 aliphatic carbocycles. The van der Waals surface area contributed by atoms with Crippen LogP contribution in [0, 0.1) is 6.92 Å². The van der Waals surface area contributed by atoms with Gasteiger partial charge in [-0.3, -0.25) is 4.31 Å². The van der Waals surface area contributed by atoms with Crippen molar-refractivity contribution in [2.24, 2.45) is 0 Å². The van der Waals surface area contributed by atoms with Crippen LogP contribution in [0.15, 0.2) is 47.5 Å². The highest BCUT2D eigenvalue weighted by Crippen LogP contribution is 2.26. The van der Waals surface area contributed by atoms with Crippen LogP contribution in [-0.4, -0.2) is 20.4 Å². The number of rotatable bonds is 3. The molecule has 0 aliphatic heterocycles. The molecule has 1 aromatic carbocycles. The van der Waals surface area contributed by atoms with Crippen LogP contribution in [0.5, 0.6) is 0 Å². The fourth-order valence-corrected chi connectivity index (χ4v) is 3.14. The highest BCUT2D eigenvalue weighted by atomic mass is 32.2. The molecule has 6 heteroatoms. The van der Waals surface area contributed by atoms with E-state index in [0.717, 1.165) is 5.56 Å². The van der Waals surface area contributed by atoms with Crippen LogP contribution >= 0.6 is 0 Å². The van der Waals surface area contributed by atoms with Crippen LogP contribution in [0.1, 0.15) is 5.56 Å². The molecule has 0 spiro atoms.